The molecule has 2 aliphatic carbocycles. The van der Waals surface area contributed by atoms with Gasteiger partial charge in [-0.25, -0.2) is 0 Å². The lowest BCUT2D eigenvalue weighted by Crippen LogP contribution is -2.44. The van der Waals surface area contributed by atoms with Crippen LogP contribution in [0.2, 0.25) is 0 Å². The zero-order chi connectivity index (χ0) is 11.1. The van der Waals surface area contributed by atoms with E-state index in [1.807, 2.05) is 0 Å². The second-order valence-corrected chi connectivity index (χ2v) is 5.95. The first-order valence-corrected chi connectivity index (χ1v) is 6.80. The number of likely N-dealkylation sites (tertiary alicyclic amines) is 1. The average Bonchev–Trinajstić information content (AvgIpc) is 2.89. The van der Waals surface area contributed by atoms with Gasteiger partial charge < -0.3 is 10.6 Å². The van der Waals surface area contributed by atoms with Crippen LogP contribution in [0, 0.1) is 11.8 Å². The van der Waals surface area contributed by atoms with Crippen molar-refractivity contribution < 1.29 is 4.79 Å². The fourth-order valence-electron chi connectivity index (χ4n) is 3.88. The summed E-state index contributed by atoms with van der Waals surface area (Å²) >= 11 is 0. The van der Waals surface area contributed by atoms with Gasteiger partial charge in [-0.05, 0) is 44.4 Å². The standard InChI is InChI=1S/C13H22N2O.ClH/c14-11-3-1-2-10(7-11)13(16)15-8-9-4-5-12(15)6-9;/h9-12H,1-8,14H2;1H. The number of hydrogen-bond donors (Lipinski definition) is 1. The van der Waals surface area contributed by atoms with Crippen molar-refractivity contribution in [2.45, 2.75) is 57.0 Å². The van der Waals surface area contributed by atoms with E-state index in [4.69, 9.17) is 5.73 Å². The highest BCUT2D eigenvalue weighted by Crippen LogP contribution is 2.39. The van der Waals surface area contributed by atoms with Crippen LogP contribution in [-0.4, -0.2) is 29.4 Å². The van der Waals surface area contributed by atoms with Gasteiger partial charge >= 0.3 is 0 Å². The molecule has 4 heteroatoms. The molecule has 4 atom stereocenters. The highest BCUT2D eigenvalue weighted by molar-refractivity contribution is 5.85. The maximum atomic E-state index is 12.4. The topological polar surface area (TPSA) is 46.3 Å². The lowest BCUT2D eigenvalue weighted by atomic mass is 9.85. The van der Waals surface area contributed by atoms with Gasteiger partial charge in [0, 0.05) is 24.5 Å². The molecule has 1 aliphatic heterocycles. The third kappa shape index (κ3) is 2.45. The summed E-state index contributed by atoms with van der Waals surface area (Å²) in [6.07, 6.45) is 8.10. The fourth-order valence-corrected chi connectivity index (χ4v) is 3.88. The second kappa shape index (κ2) is 5.15. The molecule has 2 bridgehead atoms. The van der Waals surface area contributed by atoms with Crippen molar-refractivity contribution in [2.24, 2.45) is 17.6 Å². The number of piperidine rings is 1. The number of fused-ring (bicyclic) bond motifs is 2. The van der Waals surface area contributed by atoms with Crippen molar-refractivity contribution in [3.63, 3.8) is 0 Å². The molecule has 1 heterocycles. The van der Waals surface area contributed by atoms with Gasteiger partial charge in [-0.3, -0.25) is 4.79 Å². The van der Waals surface area contributed by atoms with E-state index in [0.29, 0.717) is 11.9 Å². The smallest absolute Gasteiger partial charge is 0.225 e. The zero-order valence-electron chi connectivity index (χ0n) is 10.3. The van der Waals surface area contributed by atoms with Crippen LogP contribution in [0.3, 0.4) is 0 Å². The molecule has 3 rings (SSSR count). The normalized spacial score (nSPS) is 40.2. The predicted molar refractivity (Wildman–Crippen MR) is 70.0 cm³/mol. The van der Waals surface area contributed by atoms with Gasteiger partial charge in [0.25, 0.3) is 0 Å². The summed E-state index contributed by atoms with van der Waals surface area (Å²) in [6, 6.07) is 0.846. The van der Waals surface area contributed by atoms with Crippen molar-refractivity contribution in [2.75, 3.05) is 6.54 Å². The van der Waals surface area contributed by atoms with Gasteiger partial charge in [0.15, 0.2) is 0 Å². The predicted octanol–water partition coefficient (Wildman–Crippen LogP) is 1.94. The van der Waals surface area contributed by atoms with E-state index in [-0.39, 0.29) is 24.4 Å². The van der Waals surface area contributed by atoms with E-state index >= 15 is 0 Å². The van der Waals surface area contributed by atoms with E-state index in [0.717, 1.165) is 38.1 Å². The van der Waals surface area contributed by atoms with Gasteiger partial charge in [-0.2, -0.15) is 0 Å². The van der Waals surface area contributed by atoms with E-state index in [1.54, 1.807) is 0 Å². The summed E-state index contributed by atoms with van der Waals surface area (Å²) in [5.74, 6) is 1.47. The van der Waals surface area contributed by atoms with Crippen molar-refractivity contribution in [3.05, 3.63) is 0 Å². The molecule has 3 fully saturated rings. The number of nitrogens with zero attached hydrogens (tertiary/aromatic N) is 1. The maximum absolute atomic E-state index is 12.4. The number of halogens is 1. The molecule has 1 amide bonds. The summed E-state index contributed by atoms with van der Waals surface area (Å²) in [7, 11) is 0. The number of rotatable bonds is 1. The minimum absolute atomic E-state index is 0. The molecular weight excluding hydrogens is 236 g/mol. The third-order valence-corrected chi connectivity index (χ3v) is 4.76. The minimum atomic E-state index is 0. The second-order valence-electron chi connectivity index (χ2n) is 5.95. The van der Waals surface area contributed by atoms with Gasteiger partial charge in [0.1, 0.15) is 0 Å². The fraction of sp³-hybridized carbons (Fsp3) is 0.923. The van der Waals surface area contributed by atoms with Crippen LogP contribution in [-0.2, 0) is 4.79 Å². The molecule has 3 nitrogen and oxygen atoms in total. The molecule has 0 spiro atoms. The zero-order valence-corrected chi connectivity index (χ0v) is 11.1. The van der Waals surface area contributed by atoms with Gasteiger partial charge in [-0.1, -0.05) is 6.42 Å². The molecular formula is C13H23ClN2O. The molecule has 1 saturated heterocycles. The lowest BCUT2D eigenvalue weighted by Gasteiger charge is -2.33. The highest BCUT2D eigenvalue weighted by atomic mass is 35.5. The molecule has 17 heavy (non-hydrogen) atoms. The Morgan fingerprint density at radius 1 is 1.12 bits per heavy atom. The quantitative estimate of drug-likeness (QED) is 0.781. The number of amides is 1. The summed E-state index contributed by atoms with van der Waals surface area (Å²) in [6.45, 7) is 1.04. The Kier molecular flexibility index (Phi) is 3.99. The Labute approximate surface area is 110 Å². The van der Waals surface area contributed by atoms with E-state index in [1.165, 1.54) is 19.3 Å². The van der Waals surface area contributed by atoms with Crippen molar-refractivity contribution >= 4 is 18.3 Å². The van der Waals surface area contributed by atoms with Crippen LogP contribution in [0.4, 0.5) is 0 Å². The molecule has 2 N–H and O–H groups in total. The summed E-state index contributed by atoms with van der Waals surface area (Å²) in [5, 5.41) is 0. The SMILES string of the molecule is Cl.NC1CCCC(C(=O)N2CC3CCC2C3)C1. The van der Waals surface area contributed by atoms with E-state index in [9.17, 15) is 4.79 Å². The first kappa shape index (κ1) is 13.2. The van der Waals surface area contributed by atoms with Gasteiger partial charge in [-0.15, -0.1) is 12.4 Å². The van der Waals surface area contributed by atoms with Crippen molar-refractivity contribution in [3.8, 4) is 0 Å². The van der Waals surface area contributed by atoms with E-state index < -0.39 is 0 Å². The Morgan fingerprint density at radius 2 is 1.94 bits per heavy atom. The monoisotopic (exact) mass is 258 g/mol. The molecule has 0 aromatic rings. The molecule has 0 aromatic heterocycles. The van der Waals surface area contributed by atoms with Crippen LogP contribution in [0.15, 0.2) is 0 Å². The van der Waals surface area contributed by atoms with Crippen LogP contribution in [0.5, 0.6) is 0 Å². The first-order chi connectivity index (χ1) is 7.74. The molecule has 4 unspecified atom stereocenters. The first-order valence-electron chi connectivity index (χ1n) is 6.80. The average molecular weight is 259 g/mol. The van der Waals surface area contributed by atoms with Gasteiger partial charge in [0.05, 0.1) is 0 Å². The molecule has 0 aromatic carbocycles. The third-order valence-electron chi connectivity index (χ3n) is 4.76. The maximum Gasteiger partial charge on any atom is 0.225 e. The number of hydrogen-bond acceptors (Lipinski definition) is 2. The largest absolute Gasteiger partial charge is 0.339 e. The van der Waals surface area contributed by atoms with Crippen LogP contribution in [0.1, 0.15) is 44.9 Å². The molecule has 0 radical (unpaired) electrons. The molecule has 3 aliphatic rings. The Bertz CT molecular complexity index is 297. The van der Waals surface area contributed by atoms with Crippen molar-refractivity contribution in [1.29, 1.82) is 0 Å². The number of carbonyl (C=O) groups excluding carboxylic acids is 1. The van der Waals surface area contributed by atoms with Crippen molar-refractivity contribution in [1.82, 2.24) is 4.90 Å². The Hall–Kier alpha value is -0.280. The van der Waals surface area contributed by atoms with E-state index in [2.05, 4.69) is 4.90 Å². The summed E-state index contributed by atoms with van der Waals surface area (Å²) < 4.78 is 0. The number of carbonyl (C=O) groups is 1. The summed E-state index contributed by atoms with van der Waals surface area (Å²) in [4.78, 5) is 14.6. The molecule has 98 valence electrons. The summed E-state index contributed by atoms with van der Waals surface area (Å²) in [5.41, 5.74) is 5.97. The van der Waals surface area contributed by atoms with Gasteiger partial charge in [0.2, 0.25) is 5.91 Å². The van der Waals surface area contributed by atoms with Crippen LogP contribution < -0.4 is 5.73 Å². The Morgan fingerprint density at radius 3 is 2.53 bits per heavy atom. The Balaban J connectivity index is 0.00000108. The van der Waals surface area contributed by atoms with Crippen LogP contribution in [0.25, 0.3) is 0 Å². The molecule has 2 saturated carbocycles. The number of nitrogens with two attached hydrogens (primary N) is 1. The lowest BCUT2D eigenvalue weighted by molar-refractivity contribution is -0.138. The highest BCUT2D eigenvalue weighted by Gasteiger charge is 2.42. The minimum Gasteiger partial charge on any atom is -0.339 e. The van der Waals surface area contributed by atoms with Crippen LogP contribution >= 0.6 is 12.4 Å².